The number of nitrogens with zero attached hydrogens (tertiary/aromatic N) is 6. The molecule has 1 saturated heterocycles. The number of hydrogen-bond acceptors (Lipinski definition) is 14. The number of benzene rings is 3. The van der Waals surface area contributed by atoms with Crippen molar-refractivity contribution in [3.8, 4) is 0 Å². The fourth-order valence-corrected chi connectivity index (χ4v) is 10.3. The lowest BCUT2D eigenvalue weighted by Gasteiger charge is -2.31. The zero-order valence-electron chi connectivity index (χ0n) is 33.8. The van der Waals surface area contributed by atoms with Crippen molar-refractivity contribution in [3.63, 3.8) is 0 Å². The number of sulfonamides is 1. The number of nitrogens with one attached hydrogen (secondary N) is 3. The molecule has 3 N–H and O–H groups in total. The Labute approximate surface area is 364 Å². The van der Waals surface area contributed by atoms with Gasteiger partial charge in [-0.3, -0.25) is 14.5 Å². The van der Waals surface area contributed by atoms with E-state index in [1.807, 2.05) is 47.4 Å². The van der Waals surface area contributed by atoms with E-state index in [-0.39, 0.29) is 28.2 Å². The topological polar surface area (TPSA) is 197 Å². The van der Waals surface area contributed by atoms with Crippen LogP contribution in [0, 0.1) is 0 Å². The molecule has 0 radical (unpaired) electrons. The third-order valence-corrected chi connectivity index (χ3v) is 14.3. The summed E-state index contributed by atoms with van der Waals surface area (Å²) in [5.74, 6) is 0.0578. The number of hydrogen-bond donors (Lipinski definition) is 3. The van der Waals surface area contributed by atoms with Crippen molar-refractivity contribution >= 4 is 66.4 Å². The van der Waals surface area contributed by atoms with Crippen molar-refractivity contribution in [1.82, 2.24) is 29.2 Å². The highest BCUT2D eigenvalue weighted by atomic mass is 32.2. The van der Waals surface area contributed by atoms with Crippen LogP contribution in [-0.2, 0) is 37.6 Å². The van der Waals surface area contributed by atoms with E-state index in [0.29, 0.717) is 67.7 Å². The highest BCUT2D eigenvalue weighted by Gasteiger charge is 2.27. The third-order valence-electron chi connectivity index (χ3n) is 10.6. The molecule has 3 aromatic heterocycles. The number of rotatable bonds is 15. The molecular weight excluding hydrogens is 851 g/mol. The number of morpholine rings is 1. The number of sulfone groups is 1. The van der Waals surface area contributed by atoms with Gasteiger partial charge in [-0.15, -0.1) is 11.8 Å². The molecule has 0 unspecified atom stereocenters. The van der Waals surface area contributed by atoms with Crippen LogP contribution in [-0.4, -0.2) is 111 Å². The number of carbonyl (C=O) groups is 2. The summed E-state index contributed by atoms with van der Waals surface area (Å²) in [5, 5.41) is 10.5. The highest BCUT2D eigenvalue weighted by molar-refractivity contribution is 7.99. The minimum atomic E-state index is -4.56. The molecule has 6 aromatic rings. The summed E-state index contributed by atoms with van der Waals surface area (Å²) in [6, 6.07) is 27.3. The van der Waals surface area contributed by atoms with Gasteiger partial charge in [0.1, 0.15) is 11.5 Å². The first-order chi connectivity index (χ1) is 29.9. The average molecular weight is 896 g/mol. The number of carbonyl (C=O) groups excluding carboxylic acids is 2. The molecule has 8 rings (SSSR count). The predicted octanol–water partition coefficient (Wildman–Crippen LogP) is 4.76. The van der Waals surface area contributed by atoms with Gasteiger partial charge in [0.05, 0.1) is 34.9 Å². The Bertz CT molecular complexity index is 2790. The zero-order valence-corrected chi connectivity index (χ0v) is 36.3. The van der Waals surface area contributed by atoms with Crippen LogP contribution >= 0.6 is 11.8 Å². The van der Waals surface area contributed by atoms with Gasteiger partial charge < -0.3 is 20.3 Å². The summed E-state index contributed by atoms with van der Waals surface area (Å²) >= 11 is 1.64. The van der Waals surface area contributed by atoms with E-state index in [4.69, 9.17) is 4.74 Å². The fraction of sp³-hybridized carbons (Fsp3) is 0.279. The summed E-state index contributed by atoms with van der Waals surface area (Å²) in [7, 11) is -8.49. The van der Waals surface area contributed by atoms with Gasteiger partial charge in [-0.1, -0.05) is 36.4 Å². The number of fused-ring (bicyclic) bond motifs is 2. The summed E-state index contributed by atoms with van der Waals surface area (Å²) in [6.45, 7) is 4.53. The van der Waals surface area contributed by atoms with Crippen molar-refractivity contribution < 1.29 is 31.2 Å². The van der Waals surface area contributed by atoms with Crippen LogP contribution < -0.4 is 20.3 Å². The lowest BCUT2D eigenvalue weighted by atomic mass is 9.94. The maximum Gasteiger partial charge on any atom is 0.283 e. The molecule has 5 heterocycles. The van der Waals surface area contributed by atoms with E-state index >= 15 is 0 Å². The monoisotopic (exact) mass is 895 g/mol. The van der Waals surface area contributed by atoms with Crippen LogP contribution in [0.4, 0.5) is 17.3 Å². The van der Waals surface area contributed by atoms with Crippen molar-refractivity contribution in [3.05, 3.63) is 132 Å². The van der Waals surface area contributed by atoms with Gasteiger partial charge in [-0.2, -0.15) is 5.10 Å². The standard InChI is InChI=1S/C43H45N9O7S3/c1-61(55,56)38-26-33(15-16-36(38)45-31(18-20-50-22-24-59-25-23-50)29-60-32-9-3-2-4-10-32)62(57,58)49-43(54)37-12-6-13-40(46-37)51-21-17-30-8-5-11-34(35(30)27-51)42(53)48-39-28-52-41(47-39)14-7-19-44-52/h2-16,19,26,28,31,45H,17-18,20-25,27,29H2,1H3,(H,48,53)(H,49,54)/t31-/m1/s1. The summed E-state index contributed by atoms with van der Waals surface area (Å²) < 4.78 is 63.0. The smallest absolute Gasteiger partial charge is 0.283 e. The number of pyridine rings is 1. The maximum atomic E-state index is 13.7. The molecule has 0 bridgehead atoms. The van der Waals surface area contributed by atoms with Gasteiger partial charge in [0.15, 0.2) is 21.3 Å². The van der Waals surface area contributed by atoms with Crippen LogP contribution in [0.25, 0.3) is 5.65 Å². The first-order valence-corrected chi connectivity index (χ1v) is 24.4. The van der Waals surface area contributed by atoms with Gasteiger partial charge in [0, 0.05) is 67.4 Å². The van der Waals surface area contributed by atoms with Crippen LogP contribution in [0.5, 0.6) is 0 Å². The van der Waals surface area contributed by atoms with E-state index in [1.165, 1.54) is 18.2 Å². The molecule has 1 fully saturated rings. The molecule has 19 heteroatoms. The minimum Gasteiger partial charge on any atom is -0.380 e. The Morgan fingerprint density at radius 2 is 1.68 bits per heavy atom. The maximum absolute atomic E-state index is 13.7. The second kappa shape index (κ2) is 18.6. The van der Waals surface area contributed by atoms with E-state index < -0.39 is 30.7 Å². The van der Waals surface area contributed by atoms with Gasteiger partial charge >= 0.3 is 0 Å². The molecule has 3 aromatic carbocycles. The Morgan fingerprint density at radius 3 is 2.47 bits per heavy atom. The number of ether oxygens (including phenoxy) is 1. The number of imidazole rings is 1. The first-order valence-electron chi connectivity index (χ1n) is 20.0. The van der Waals surface area contributed by atoms with Gasteiger partial charge in [-0.05, 0) is 84.6 Å². The number of amides is 2. The van der Waals surface area contributed by atoms with Crippen LogP contribution in [0.3, 0.4) is 0 Å². The lowest BCUT2D eigenvalue weighted by Crippen LogP contribution is -2.39. The van der Waals surface area contributed by atoms with Crippen LogP contribution in [0.15, 0.2) is 124 Å². The summed E-state index contributed by atoms with van der Waals surface area (Å²) in [5.41, 5.74) is 2.93. The van der Waals surface area contributed by atoms with Crippen LogP contribution in [0.2, 0.25) is 0 Å². The Kier molecular flexibility index (Phi) is 12.9. The summed E-state index contributed by atoms with van der Waals surface area (Å²) in [4.78, 5) is 40.7. The quantitative estimate of drug-likeness (QED) is 0.119. The highest BCUT2D eigenvalue weighted by Crippen LogP contribution is 2.30. The molecule has 2 amide bonds. The van der Waals surface area contributed by atoms with Crippen molar-refractivity contribution in [2.75, 3.05) is 66.9 Å². The van der Waals surface area contributed by atoms with E-state index in [0.717, 1.165) is 48.0 Å². The third kappa shape index (κ3) is 10.2. The molecular formula is C43H45N9O7S3. The van der Waals surface area contributed by atoms with Crippen molar-refractivity contribution in [2.24, 2.45) is 0 Å². The molecule has 0 spiro atoms. The lowest BCUT2D eigenvalue weighted by molar-refractivity contribution is 0.0370. The van der Waals surface area contributed by atoms with Crippen molar-refractivity contribution in [1.29, 1.82) is 0 Å². The number of thioether (sulfide) groups is 1. The Morgan fingerprint density at radius 1 is 0.871 bits per heavy atom. The predicted molar refractivity (Wildman–Crippen MR) is 237 cm³/mol. The molecule has 1 atom stereocenters. The number of aromatic nitrogens is 4. The van der Waals surface area contributed by atoms with Gasteiger partial charge in [0.25, 0.3) is 21.8 Å². The minimum absolute atomic E-state index is 0.163. The Hall–Kier alpha value is -5.86. The van der Waals surface area contributed by atoms with Crippen molar-refractivity contribution in [2.45, 2.75) is 40.1 Å². The largest absolute Gasteiger partial charge is 0.380 e. The zero-order chi connectivity index (χ0) is 43.3. The van der Waals surface area contributed by atoms with Crippen LogP contribution in [0.1, 0.15) is 38.4 Å². The number of anilines is 3. The average Bonchev–Trinajstić information content (AvgIpc) is 3.69. The molecule has 2 aliphatic rings. The molecule has 0 aliphatic carbocycles. The molecule has 322 valence electrons. The molecule has 16 nitrogen and oxygen atoms in total. The molecule has 2 aliphatic heterocycles. The molecule has 62 heavy (non-hydrogen) atoms. The van der Waals surface area contributed by atoms with E-state index in [9.17, 15) is 26.4 Å². The second-order valence-corrected chi connectivity index (χ2v) is 19.7. The fourth-order valence-electron chi connectivity index (χ4n) is 7.41. The SMILES string of the molecule is CS(=O)(=O)c1cc(S(=O)(=O)NC(=O)c2cccc(N3CCc4cccc(C(=O)Nc5cn6ncccc6n5)c4C3)n2)ccc1N[C@H](CCN1CCOCC1)CSc1ccccc1. The Balaban J connectivity index is 0.965. The van der Waals surface area contributed by atoms with E-state index in [2.05, 4.69) is 35.3 Å². The molecule has 0 saturated carbocycles. The second-order valence-electron chi connectivity index (χ2n) is 15.0. The van der Waals surface area contributed by atoms with Gasteiger partial charge in [-0.25, -0.2) is 36.0 Å². The van der Waals surface area contributed by atoms with Gasteiger partial charge in [0.2, 0.25) is 0 Å². The normalized spacial score (nSPS) is 15.1. The first kappa shape index (κ1) is 42.8. The van der Waals surface area contributed by atoms with E-state index in [1.54, 1.807) is 59.0 Å². The summed E-state index contributed by atoms with van der Waals surface area (Å²) in [6.07, 6.45) is 5.57.